The molecule has 0 atom stereocenters. The Balaban J connectivity index is 1.77. The molecule has 0 radical (unpaired) electrons. The fourth-order valence-electron chi connectivity index (χ4n) is 2.71. The lowest BCUT2D eigenvalue weighted by Crippen LogP contribution is -2.34. The Morgan fingerprint density at radius 1 is 1.18 bits per heavy atom. The minimum atomic E-state index is -0.0629. The summed E-state index contributed by atoms with van der Waals surface area (Å²) in [5, 5.41) is 0.688. The SMILES string of the molecule is COc1cc(/C=C2\SC(=S)N(C(C)C)C2=O)ccc1OCc1ccc(Cl)cc1. The van der Waals surface area contributed by atoms with Gasteiger partial charge in [0.05, 0.1) is 12.0 Å². The average molecular weight is 434 g/mol. The van der Waals surface area contributed by atoms with Gasteiger partial charge in [-0.25, -0.2) is 0 Å². The molecule has 1 fully saturated rings. The molecule has 0 unspecified atom stereocenters. The van der Waals surface area contributed by atoms with Crippen LogP contribution in [0.1, 0.15) is 25.0 Å². The van der Waals surface area contributed by atoms with Crippen molar-refractivity contribution < 1.29 is 14.3 Å². The van der Waals surface area contributed by atoms with Crippen molar-refractivity contribution in [2.24, 2.45) is 0 Å². The second-order valence-corrected chi connectivity index (χ2v) is 8.58. The molecule has 0 bridgehead atoms. The maximum atomic E-state index is 12.6. The minimum absolute atomic E-state index is 0.0385. The molecule has 0 spiro atoms. The Labute approximate surface area is 179 Å². The normalized spacial score (nSPS) is 15.6. The van der Waals surface area contributed by atoms with Crippen molar-refractivity contribution in [3.8, 4) is 11.5 Å². The zero-order chi connectivity index (χ0) is 20.3. The van der Waals surface area contributed by atoms with Crippen LogP contribution in [0.2, 0.25) is 5.02 Å². The number of hydrogen-bond donors (Lipinski definition) is 0. The van der Waals surface area contributed by atoms with Crippen LogP contribution in [0.15, 0.2) is 47.4 Å². The number of methoxy groups -OCH3 is 1. The van der Waals surface area contributed by atoms with Crippen LogP contribution in [0.3, 0.4) is 0 Å². The molecule has 28 heavy (non-hydrogen) atoms. The molecule has 0 aliphatic carbocycles. The van der Waals surface area contributed by atoms with E-state index < -0.39 is 0 Å². The molecule has 146 valence electrons. The zero-order valence-electron chi connectivity index (χ0n) is 15.8. The van der Waals surface area contributed by atoms with Crippen LogP contribution in [0.5, 0.6) is 11.5 Å². The number of carbonyl (C=O) groups is 1. The molecule has 2 aromatic carbocycles. The van der Waals surface area contributed by atoms with Crippen LogP contribution >= 0.6 is 35.6 Å². The summed E-state index contributed by atoms with van der Waals surface area (Å²) in [6.45, 7) is 4.30. The Kier molecular flexibility index (Phi) is 6.65. The molecule has 1 amide bonds. The van der Waals surface area contributed by atoms with E-state index in [-0.39, 0.29) is 11.9 Å². The van der Waals surface area contributed by atoms with Gasteiger partial charge in [0.15, 0.2) is 11.5 Å². The van der Waals surface area contributed by atoms with Gasteiger partial charge in [-0.15, -0.1) is 0 Å². The summed E-state index contributed by atoms with van der Waals surface area (Å²) < 4.78 is 11.9. The number of carbonyl (C=O) groups excluding carboxylic acids is 1. The first-order chi connectivity index (χ1) is 13.4. The van der Waals surface area contributed by atoms with E-state index in [9.17, 15) is 4.79 Å². The standard InChI is InChI=1S/C21H20ClNO3S2/c1-13(2)23-20(24)19(28-21(23)27)11-15-6-9-17(18(10-15)25-3)26-12-14-4-7-16(22)8-5-14/h4-11,13H,12H2,1-3H3/b19-11-. The zero-order valence-corrected chi connectivity index (χ0v) is 18.2. The Bertz CT molecular complexity index is 926. The molecule has 0 N–H and O–H groups in total. The highest BCUT2D eigenvalue weighted by atomic mass is 35.5. The fraction of sp³-hybridized carbons (Fsp3) is 0.238. The number of amides is 1. The van der Waals surface area contributed by atoms with E-state index in [1.807, 2.05) is 62.4 Å². The van der Waals surface area contributed by atoms with Gasteiger partial charge < -0.3 is 9.47 Å². The van der Waals surface area contributed by atoms with Gasteiger partial charge in [-0.2, -0.15) is 0 Å². The van der Waals surface area contributed by atoms with Gasteiger partial charge in [0.2, 0.25) is 0 Å². The number of nitrogens with zero attached hydrogens (tertiary/aromatic N) is 1. The van der Waals surface area contributed by atoms with Gasteiger partial charge in [0.1, 0.15) is 10.9 Å². The van der Waals surface area contributed by atoms with Crippen LogP contribution in [0.25, 0.3) is 6.08 Å². The summed E-state index contributed by atoms with van der Waals surface area (Å²) in [5.41, 5.74) is 1.85. The molecule has 3 rings (SSSR count). The summed E-state index contributed by atoms with van der Waals surface area (Å²) in [6.07, 6.45) is 1.83. The first-order valence-electron chi connectivity index (χ1n) is 8.71. The predicted octanol–water partition coefficient (Wildman–Crippen LogP) is 5.54. The number of ether oxygens (including phenoxy) is 2. The van der Waals surface area contributed by atoms with Gasteiger partial charge in [0, 0.05) is 11.1 Å². The van der Waals surface area contributed by atoms with Crippen LogP contribution in [-0.2, 0) is 11.4 Å². The number of thiocarbonyl (C=S) groups is 1. The third-order valence-corrected chi connectivity index (χ3v) is 5.72. The molecule has 4 nitrogen and oxygen atoms in total. The first-order valence-corrected chi connectivity index (χ1v) is 10.3. The van der Waals surface area contributed by atoms with E-state index >= 15 is 0 Å². The molecular weight excluding hydrogens is 414 g/mol. The van der Waals surface area contributed by atoms with E-state index in [4.69, 9.17) is 33.3 Å². The number of rotatable bonds is 6. The van der Waals surface area contributed by atoms with E-state index in [1.165, 1.54) is 11.8 Å². The van der Waals surface area contributed by atoms with Crippen LogP contribution in [-0.4, -0.2) is 28.3 Å². The smallest absolute Gasteiger partial charge is 0.266 e. The lowest BCUT2D eigenvalue weighted by Gasteiger charge is -2.18. The minimum Gasteiger partial charge on any atom is -0.493 e. The maximum absolute atomic E-state index is 12.6. The van der Waals surface area contributed by atoms with Crippen molar-refractivity contribution in [2.75, 3.05) is 7.11 Å². The second-order valence-electron chi connectivity index (χ2n) is 6.47. The molecule has 1 saturated heterocycles. The second kappa shape index (κ2) is 8.99. The fourth-order valence-corrected chi connectivity index (χ4v) is 4.36. The largest absolute Gasteiger partial charge is 0.493 e. The molecule has 1 heterocycles. The van der Waals surface area contributed by atoms with E-state index in [0.29, 0.717) is 32.4 Å². The lowest BCUT2D eigenvalue weighted by atomic mass is 10.1. The molecule has 1 aliphatic rings. The third kappa shape index (κ3) is 4.69. The van der Waals surface area contributed by atoms with E-state index in [2.05, 4.69) is 0 Å². The molecule has 0 saturated carbocycles. The van der Waals surface area contributed by atoms with Gasteiger partial charge in [-0.05, 0) is 55.3 Å². The third-order valence-electron chi connectivity index (χ3n) is 4.13. The Morgan fingerprint density at radius 3 is 2.50 bits per heavy atom. The molecular formula is C21H20ClNO3S2. The highest BCUT2D eigenvalue weighted by molar-refractivity contribution is 8.26. The number of halogens is 1. The maximum Gasteiger partial charge on any atom is 0.266 e. The summed E-state index contributed by atoms with van der Waals surface area (Å²) in [7, 11) is 1.59. The van der Waals surface area contributed by atoms with Crippen LogP contribution in [0.4, 0.5) is 0 Å². The number of thioether (sulfide) groups is 1. The van der Waals surface area contributed by atoms with Crippen molar-refractivity contribution in [3.63, 3.8) is 0 Å². The van der Waals surface area contributed by atoms with Crippen LogP contribution < -0.4 is 9.47 Å². The topological polar surface area (TPSA) is 38.8 Å². The van der Waals surface area contributed by atoms with Gasteiger partial charge in [-0.3, -0.25) is 9.69 Å². The monoisotopic (exact) mass is 433 g/mol. The summed E-state index contributed by atoms with van der Waals surface area (Å²) in [4.78, 5) is 14.8. The van der Waals surface area contributed by atoms with Crippen molar-refractivity contribution >= 4 is 51.9 Å². The van der Waals surface area contributed by atoms with Crippen molar-refractivity contribution in [1.82, 2.24) is 4.90 Å². The van der Waals surface area contributed by atoms with Crippen LogP contribution in [0, 0.1) is 0 Å². The first kappa shape index (κ1) is 20.7. The summed E-state index contributed by atoms with van der Waals surface area (Å²) >= 11 is 12.5. The number of hydrogen-bond acceptors (Lipinski definition) is 5. The van der Waals surface area contributed by atoms with E-state index in [0.717, 1.165) is 11.1 Å². The molecule has 7 heteroatoms. The summed E-state index contributed by atoms with van der Waals surface area (Å²) in [5.74, 6) is 1.17. The predicted molar refractivity (Wildman–Crippen MR) is 119 cm³/mol. The van der Waals surface area contributed by atoms with E-state index in [1.54, 1.807) is 12.0 Å². The molecule has 1 aliphatic heterocycles. The highest BCUT2D eigenvalue weighted by Gasteiger charge is 2.33. The lowest BCUT2D eigenvalue weighted by molar-refractivity contribution is -0.123. The van der Waals surface area contributed by atoms with Gasteiger partial charge >= 0.3 is 0 Å². The molecule has 0 aromatic heterocycles. The Morgan fingerprint density at radius 2 is 1.89 bits per heavy atom. The quantitative estimate of drug-likeness (QED) is 0.442. The van der Waals surface area contributed by atoms with Crippen molar-refractivity contribution in [3.05, 3.63) is 63.5 Å². The van der Waals surface area contributed by atoms with Gasteiger partial charge in [-0.1, -0.05) is 53.8 Å². The van der Waals surface area contributed by atoms with Crippen molar-refractivity contribution in [1.29, 1.82) is 0 Å². The highest BCUT2D eigenvalue weighted by Crippen LogP contribution is 2.35. The summed E-state index contributed by atoms with van der Waals surface area (Å²) in [6, 6.07) is 13.1. The molecule has 2 aromatic rings. The van der Waals surface area contributed by atoms with Crippen molar-refractivity contribution in [2.45, 2.75) is 26.5 Å². The Hall–Kier alpha value is -2.02. The number of benzene rings is 2. The van der Waals surface area contributed by atoms with Gasteiger partial charge in [0.25, 0.3) is 5.91 Å². The average Bonchev–Trinajstić information content (AvgIpc) is 2.95.